The molecule has 2 heterocycles. The molecule has 150 valence electrons. The number of rotatable bonds is 6. The molecular formula is C21H15FN4O3S. The molecule has 30 heavy (non-hydrogen) atoms. The van der Waals surface area contributed by atoms with Crippen LogP contribution < -0.4 is 5.32 Å². The monoisotopic (exact) mass is 422 g/mol. The van der Waals surface area contributed by atoms with Gasteiger partial charge in [-0.3, -0.25) is 10.1 Å². The van der Waals surface area contributed by atoms with E-state index in [1.54, 1.807) is 54.2 Å². The van der Waals surface area contributed by atoms with Gasteiger partial charge in [0, 0.05) is 28.9 Å². The van der Waals surface area contributed by atoms with Crippen molar-refractivity contribution < 1.29 is 18.7 Å². The van der Waals surface area contributed by atoms with Crippen LogP contribution in [0.3, 0.4) is 0 Å². The summed E-state index contributed by atoms with van der Waals surface area (Å²) in [6.45, 7) is -0.440. The van der Waals surface area contributed by atoms with Crippen LogP contribution in [0.25, 0.3) is 22.6 Å². The third kappa shape index (κ3) is 4.58. The Morgan fingerprint density at radius 3 is 2.50 bits per heavy atom. The largest absolute Gasteiger partial charge is 0.452 e. The number of carbonyl (C=O) groups excluding carboxylic acids is 2. The maximum absolute atomic E-state index is 13.0. The summed E-state index contributed by atoms with van der Waals surface area (Å²) in [5.74, 6) is -0.754. The molecule has 0 atom stereocenters. The Balaban J connectivity index is 1.30. The summed E-state index contributed by atoms with van der Waals surface area (Å²) in [5, 5.41) is 4.69. The molecule has 4 aromatic rings. The predicted molar refractivity (Wildman–Crippen MR) is 110 cm³/mol. The molecule has 0 saturated heterocycles. The average Bonchev–Trinajstić information content (AvgIpc) is 3.45. The number of hydrogen-bond acceptors (Lipinski definition) is 6. The number of halogens is 1. The lowest BCUT2D eigenvalue weighted by atomic mass is 10.1. The third-order valence-corrected chi connectivity index (χ3v) is 4.87. The van der Waals surface area contributed by atoms with Crippen LogP contribution in [0.5, 0.6) is 0 Å². The maximum Gasteiger partial charge on any atom is 0.338 e. The van der Waals surface area contributed by atoms with E-state index in [1.165, 1.54) is 23.5 Å². The first-order valence-electron chi connectivity index (χ1n) is 8.87. The number of aromatic nitrogens is 3. The van der Waals surface area contributed by atoms with Gasteiger partial charge in [-0.15, -0.1) is 11.3 Å². The van der Waals surface area contributed by atoms with Crippen molar-refractivity contribution in [1.29, 1.82) is 0 Å². The summed E-state index contributed by atoms with van der Waals surface area (Å²) in [6, 6.07) is 12.6. The quantitative estimate of drug-likeness (QED) is 0.455. The van der Waals surface area contributed by atoms with Crippen LogP contribution in [0.2, 0.25) is 0 Å². The van der Waals surface area contributed by atoms with Crippen molar-refractivity contribution in [3.05, 3.63) is 77.7 Å². The summed E-state index contributed by atoms with van der Waals surface area (Å²) < 4.78 is 18.1. The highest BCUT2D eigenvalue weighted by Gasteiger charge is 2.13. The number of esters is 1. The molecule has 4 rings (SSSR count). The number of ether oxygens (including phenoxy) is 1. The van der Waals surface area contributed by atoms with Crippen molar-refractivity contribution in [2.75, 3.05) is 11.9 Å². The standard InChI is InChI=1S/C21H15FN4O3S/c22-16-7-5-13(6-8-16)17-12-30-21(25-17)26-18(27)11-29-20(28)15-3-1-14(2-4-15)19-23-9-10-24-19/h1-10,12H,11H2,(H,23,24)(H,25,26,27). The van der Waals surface area contributed by atoms with Crippen molar-refractivity contribution in [2.45, 2.75) is 0 Å². The van der Waals surface area contributed by atoms with Gasteiger partial charge < -0.3 is 9.72 Å². The fraction of sp³-hybridized carbons (Fsp3) is 0.0476. The summed E-state index contributed by atoms with van der Waals surface area (Å²) in [6.07, 6.45) is 3.35. The molecule has 0 aliphatic heterocycles. The van der Waals surface area contributed by atoms with Gasteiger partial charge in [-0.1, -0.05) is 12.1 Å². The molecule has 7 nitrogen and oxygen atoms in total. The number of anilines is 1. The first-order valence-corrected chi connectivity index (χ1v) is 9.75. The fourth-order valence-electron chi connectivity index (χ4n) is 2.64. The highest BCUT2D eigenvalue weighted by atomic mass is 32.1. The van der Waals surface area contributed by atoms with Gasteiger partial charge in [0.25, 0.3) is 5.91 Å². The minimum atomic E-state index is -0.609. The molecule has 0 spiro atoms. The first-order chi connectivity index (χ1) is 14.6. The molecule has 2 aromatic heterocycles. The van der Waals surface area contributed by atoms with E-state index in [0.29, 0.717) is 22.2 Å². The van der Waals surface area contributed by atoms with Crippen LogP contribution in [0, 0.1) is 5.82 Å². The van der Waals surface area contributed by atoms with Crippen molar-refractivity contribution in [1.82, 2.24) is 15.0 Å². The van der Waals surface area contributed by atoms with Crippen molar-refractivity contribution in [3.8, 4) is 22.6 Å². The second-order valence-electron chi connectivity index (χ2n) is 6.18. The minimum absolute atomic E-state index is 0.325. The van der Waals surface area contributed by atoms with Gasteiger partial charge in [-0.25, -0.2) is 19.2 Å². The molecule has 0 unspecified atom stereocenters. The number of nitrogens with one attached hydrogen (secondary N) is 2. The van der Waals surface area contributed by atoms with E-state index in [9.17, 15) is 14.0 Å². The minimum Gasteiger partial charge on any atom is -0.452 e. The second kappa shape index (κ2) is 8.66. The molecule has 2 N–H and O–H groups in total. The number of H-pyrrole nitrogens is 1. The second-order valence-corrected chi connectivity index (χ2v) is 7.04. The van der Waals surface area contributed by atoms with Gasteiger partial charge in [0.2, 0.25) is 0 Å². The van der Waals surface area contributed by atoms with Crippen LogP contribution >= 0.6 is 11.3 Å². The Hall–Kier alpha value is -3.85. The number of hydrogen-bond donors (Lipinski definition) is 2. The van der Waals surface area contributed by atoms with E-state index >= 15 is 0 Å². The molecule has 0 bridgehead atoms. The number of benzene rings is 2. The number of imidazole rings is 1. The van der Waals surface area contributed by atoms with E-state index in [0.717, 1.165) is 11.1 Å². The zero-order valence-corrected chi connectivity index (χ0v) is 16.3. The van der Waals surface area contributed by atoms with Gasteiger partial charge in [0.05, 0.1) is 11.3 Å². The normalized spacial score (nSPS) is 10.6. The summed E-state index contributed by atoms with van der Waals surface area (Å²) in [5.41, 5.74) is 2.50. The first kappa shape index (κ1) is 19.5. The van der Waals surface area contributed by atoms with E-state index in [1.807, 2.05) is 0 Å². The Labute approximate surface area is 174 Å². The van der Waals surface area contributed by atoms with Crippen LogP contribution in [0.15, 0.2) is 66.3 Å². The average molecular weight is 422 g/mol. The molecule has 9 heteroatoms. The molecule has 0 aliphatic carbocycles. The Morgan fingerprint density at radius 2 is 1.80 bits per heavy atom. The topological polar surface area (TPSA) is 97.0 Å². The Bertz CT molecular complexity index is 1160. The zero-order valence-electron chi connectivity index (χ0n) is 15.5. The van der Waals surface area contributed by atoms with E-state index in [4.69, 9.17) is 4.74 Å². The van der Waals surface area contributed by atoms with Crippen molar-refractivity contribution in [3.63, 3.8) is 0 Å². The maximum atomic E-state index is 13.0. The van der Waals surface area contributed by atoms with Crippen LogP contribution in [-0.2, 0) is 9.53 Å². The third-order valence-electron chi connectivity index (χ3n) is 4.12. The van der Waals surface area contributed by atoms with Gasteiger partial charge in [-0.2, -0.15) is 0 Å². The fourth-order valence-corrected chi connectivity index (χ4v) is 3.38. The number of aromatic amines is 1. The molecule has 1 amide bonds. The predicted octanol–water partition coefficient (Wildman–Crippen LogP) is 4.13. The van der Waals surface area contributed by atoms with Crippen molar-refractivity contribution >= 4 is 28.3 Å². The summed E-state index contributed by atoms with van der Waals surface area (Å²) >= 11 is 1.22. The molecule has 2 aromatic carbocycles. The smallest absolute Gasteiger partial charge is 0.338 e. The molecule has 0 radical (unpaired) electrons. The highest BCUT2D eigenvalue weighted by Crippen LogP contribution is 2.25. The van der Waals surface area contributed by atoms with Gasteiger partial charge >= 0.3 is 5.97 Å². The lowest BCUT2D eigenvalue weighted by Gasteiger charge is -2.05. The van der Waals surface area contributed by atoms with E-state index in [2.05, 4.69) is 20.3 Å². The zero-order chi connectivity index (χ0) is 20.9. The summed E-state index contributed by atoms with van der Waals surface area (Å²) in [4.78, 5) is 35.6. The number of nitrogens with zero attached hydrogens (tertiary/aromatic N) is 2. The van der Waals surface area contributed by atoms with Crippen LogP contribution in [0.1, 0.15) is 10.4 Å². The highest BCUT2D eigenvalue weighted by molar-refractivity contribution is 7.14. The summed E-state index contributed by atoms with van der Waals surface area (Å²) in [7, 11) is 0. The molecule has 0 saturated carbocycles. The Morgan fingerprint density at radius 1 is 1.07 bits per heavy atom. The van der Waals surface area contributed by atoms with Crippen LogP contribution in [-0.4, -0.2) is 33.4 Å². The Kier molecular flexibility index (Phi) is 5.62. The number of amides is 1. The van der Waals surface area contributed by atoms with Crippen LogP contribution in [0.4, 0.5) is 9.52 Å². The van der Waals surface area contributed by atoms with Gasteiger partial charge in [0.1, 0.15) is 11.6 Å². The van der Waals surface area contributed by atoms with Crippen molar-refractivity contribution in [2.24, 2.45) is 0 Å². The molecule has 0 aliphatic rings. The van der Waals surface area contributed by atoms with E-state index in [-0.39, 0.29) is 5.82 Å². The molecular weight excluding hydrogens is 407 g/mol. The van der Waals surface area contributed by atoms with Gasteiger partial charge in [-0.05, 0) is 36.4 Å². The van der Waals surface area contributed by atoms with Gasteiger partial charge in [0.15, 0.2) is 11.7 Å². The molecule has 0 fully saturated rings. The lowest BCUT2D eigenvalue weighted by Crippen LogP contribution is -2.20. The lowest BCUT2D eigenvalue weighted by molar-refractivity contribution is -0.119. The SMILES string of the molecule is O=C(COC(=O)c1ccc(-c2ncc[nH]2)cc1)Nc1nc(-c2ccc(F)cc2)cs1. The van der Waals surface area contributed by atoms with E-state index < -0.39 is 18.5 Å². The number of carbonyl (C=O) groups is 2. The number of thiazole rings is 1.